The van der Waals surface area contributed by atoms with E-state index in [1.807, 2.05) is 0 Å². The van der Waals surface area contributed by atoms with Crippen LogP contribution in [0.5, 0.6) is 0 Å². The van der Waals surface area contributed by atoms with Crippen LogP contribution in [0.3, 0.4) is 0 Å². The zero-order chi connectivity index (χ0) is 14.1. The minimum atomic E-state index is 0.119. The van der Waals surface area contributed by atoms with Crippen LogP contribution in [-0.2, 0) is 9.53 Å². The average molecular weight is 270 g/mol. The van der Waals surface area contributed by atoms with Crippen molar-refractivity contribution in [2.75, 3.05) is 20.3 Å². The molecule has 4 heteroatoms. The zero-order valence-corrected chi connectivity index (χ0v) is 12.7. The number of ether oxygens (including phenoxy) is 1. The Kier molecular flexibility index (Phi) is 8.07. The summed E-state index contributed by atoms with van der Waals surface area (Å²) in [5.74, 6) is 0.583. The molecule has 1 fully saturated rings. The van der Waals surface area contributed by atoms with Gasteiger partial charge in [-0.2, -0.15) is 0 Å². The lowest BCUT2D eigenvalue weighted by atomic mass is 10.1. The molecule has 0 radical (unpaired) electrons. The molecule has 19 heavy (non-hydrogen) atoms. The van der Waals surface area contributed by atoms with E-state index in [-0.39, 0.29) is 11.9 Å². The van der Waals surface area contributed by atoms with Gasteiger partial charge in [-0.25, -0.2) is 0 Å². The van der Waals surface area contributed by atoms with Crippen molar-refractivity contribution in [1.29, 1.82) is 0 Å². The Bertz CT molecular complexity index is 249. The molecule has 0 aromatic heterocycles. The van der Waals surface area contributed by atoms with E-state index in [2.05, 4.69) is 24.5 Å². The third kappa shape index (κ3) is 6.92. The maximum atomic E-state index is 11.9. The smallest absolute Gasteiger partial charge is 0.234 e. The van der Waals surface area contributed by atoms with Gasteiger partial charge in [0.1, 0.15) is 0 Å². The largest absolute Gasteiger partial charge is 0.383 e. The Labute approximate surface area is 117 Å². The van der Waals surface area contributed by atoms with E-state index in [1.165, 1.54) is 25.7 Å². The second kappa shape index (κ2) is 9.32. The maximum absolute atomic E-state index is 11.9. The predicted molar refractivity (Wildman–Crippen MR) is 78.1 cm³/mol. The Hall–Kier alpha value is -0.610. The third-order valence-corrected chi connectivity index (χ3v) is 3.90. The Morgan fingerprint density at radius 2 is 1.84 bits per heavy atom. The molecule has 0 spiro atoms. The Morgan fingerprint density at radius 3 is 2.37 bits per heavy atom. The van der Waals surface area contributed by atoms with Crippen molar-refractivity contribution in [2.45, 2.75) is 64.5 Å². The quantitative estimate of drug-likeness (QED) is 0.696. The molecule has 112 valence electrons. The molecule has 1 aliphatic rings. The molecule has 1 unspecified atom stereocenters. The average Bonchev–Trinajstić information content (AvgIpc) is 2.62. The van der Waals surface area contributed by atoms with E-state index in [1.54, 1.807) is 7.11 Å². The highest BCUT2D eigenvalue weighted by Gasteiger charge is 2.17. The van der Waals surface area contributed by atoms with Gasteiger partial charge in [0.2, 0.25) is 5.91 Å². The number of nitrogens with one attached hydrogen (secondary N) is 2. The van der Waals surface area contributed by atoms with Crippen LogP contribution >= 0.6 is 0 Å². The molecule has 1 rings (SSSR count). The minimum Gasteiger partial charge on any atom is -0.383 e. The second-order valence-electron chi connectivity index (χ2n) is 5.94. The number of hydrogen-bond acceptors (Lipinski definition) is 3. The van der Waals surface area contributed by atoms with Gasteiger partial charge in [-0.15, -0.1) is 0 Å². The van der Waals surface area contributed by atoms with Gasteiger partial charge in [0.15, 0.2) is 0 Å². The van der Waals surface area contributed by atoms with Gasteiger partial charge < -0.3 is 15.4 Å². The summed E-state index contributed by atoms with van der Waals surface area (Å²) in [6.07, 6.45) is 7.39. The Morgan fingerprint density at radius 1 is 1.21 bits per heavy atom. The molecule has 1 aliphatic carbocycles. The van der Waals surface area contributed by atoms with Gasteiger partial charge >= 0.3 is 0 Å². The molecule has 0 aromatic rings. The van der Waals surface area contributed by atoms with Crippen LogP contribution in [0.25, 0.3) is 0 Å². The van der Waals surface area contributed by atoms with Gasteiger partial charge in [-0.05, 0) is 18.8 Å². The first-order chi connectivity index (χ1) is 9.13. The van der Waals surface area contributed by atoms with E-state index in [9.17, 15) is 4.79 Å². The van der Waals surface area contributed by atoms with Gasteiger partial charge in [0.25, 0.3) is 0 Å². The minimum absolute atomic E-state index is 0.119. The summed E-state index contributed by atoms with van der Waals surface area (Å²) < 4.78 is 5.17. The molecule has 1 amide bonds. The van der Waals surface area contributed by atoms with E-state index in [0.29, 0.717) is 25.1 Å². The SMILES string of the molecule is COCC(NCC(=O)NC1CCCCCC1)C(C)C. The van der Waals surface area contributed by atoms with Crippen LogP contribution in [0.4, 0.5) is 0 Å². The fourth-order valence-corrected chi connectivity index (χ4v) is 2.59. The maximum Gasteiger partial charge on any atom is 0.234 e. The number of hydrogen-bond donors (Lipinski definition) is 2. The topological polar surface area (TPSA) is 50.4 Å². The third-order valence-electron chi connectivity index (χ3n) is 3.90. The highest BCUT2D eigenvalue weighted by atomic mass is 16.5. The molecule has 0 aliphatic heterocycles. The van der Waals surface area contributed by atoms with Gasteiger partial charge in [0, 0.05) is 19.2 Å². The number of methoxy groups -OCH3 is 1. The predicted octanol–water partition coefficient (Wildman–Crippen LogP) is 2.09. The van der Waals surface area contributed by atoms with Crippen LogP contribution in [0, 0.1) is 5.92 Å². The van der Waals surface area contributed by atoms with E-state index in [4.69, 9.17) is 4.74 Å². The van der Waals surface area contributed by atoms with E-state index in [0.717, 1.165) is 12.8 Å². The number of amides is 1. The standard InChI is InChI=1S/C15H30N2O2/c1-12(2)14(11-19-3)16-10-15(18)17-13-8-6-4-5-7-9-13/h12-14,16H,4-11H2,1-3H3,(H,17,18). The Balaban J connectivity index is 2.25. The lowest BCUT2D eigenvalue weighted by Gasteiger charge is -2.22. The molecule has 0 aromatic carbocycles. The van der Waals surface area contributed by atoms with Crippen LogP contribution in [0.15, 0.2) is 0 Å². The first-order valence-electron chi connectivity index (χ1n) is 7.65. The summed E-state index contributed by atoms with van der Waals surface area (Å²) in [4.78, 5) is 11.9. The fraction of sp³-hybridized carbons (Fsp3) is 0.933. The fourth-order valence-electron chi connectivity index (χ4n) is 2.59. The highest BCUT2D eigenvalue weighted by molar-refractivity contribution is 5.78. The molecule has 2 N–H and O–H groups in total. The zero-order valence-electron chi connectivity index (χ0n) is 12.7. The molecule has 1 atom stereocenters. The first-order valence-corrected chi connectivity index (χ1v) is 7.65. The summed E-state index contributed by atoms with van der Waals surface area (Å²) in [6.45, 7) is 5.32. The molecule has 0 saturated heterocycles. The van der Waals surface area contributed by atoms with Crippen molar-refractivity contribution in [3.05, 3.63) is 0 Å². The van der Waals surface area contributed by atoms with Crippen molar-refractivity contribution >= 4 is 5.91 Å². The van der Waals surface area contributed by atoms with Crippen molar-refractivity contribution in [3.8, 4) is 0 Å². The van der Waals surface area contributed by atoms with Crippen molar-refractivity contribution in [1.82, 2.24) is 10.6 Å². The molecule has 0 bridgehead atoms. The summed E-state index contributed by atoms with van der Waals surface area (Å²) in [5, 5.41) is 6.44. The molecular formula is C15H30N2O2. The number of carbonyl (C=O) groups is 1. The molecule has 4 nitrogen and oxygen atoms in total. The number of rotatable bonds is 7. The molecule has 1 saturated carbocycles. The summed E-state index contributed by atoms with van der Waals surface area (Å²) in [5.41, 5.74) is 0. The first kappa shape index (κ1) is 16.4. The van der Waals surface area contributed by atoms with Crippen LogP contribution in [-0.4, -0.2) is 38.3 Å². The van der Waals surface area contributed by atoms with Gasteiger partial charge in [-0.3, -0.25) is 4.79 Å². The highest BCUT2D eigenvalue weighted by Crippen LogP contribution is 2.16. The van der Waals surface area contributed by atoms with Crippen LogP contribution in [0.1, 0.15) is 52.4 Å². The summed E-state index contributed by atoms with van der Waals surface area (Å²) in [6, 6.07) is 0.626. The van der Waals surface area contributed by atoms with Crippen molar-refractivity contribution in [2.24, 2.45) is 5.92 Å². The summed E-state index contributed by atoms with van der Waals surface area (Å²) in [7, 11) is 1.70. The number of carbonyl (C=O) groups excluding carboxylic acids is 1. The van der Waals surface area contributed by atoms with E-state index >= 15 is 0 Å². The van der Waals surface area contributed by atoms with E-state index < -0.39 is 0 Å². The normalized spacial score (nSPS) is 19.2. The van der Waals surface area contributed by atoms with Crippen molar-refractivity contribution in [3.63, 3.8) is 0 Å². The summed E-state index contributed by atoms with van der Waals surface area (Å²) >= 11 is 0. The van der Waals surface area contributed by atoms with Gasteiger partial charge in [0.05, 0.1) is 13.2 Å². The van der Waals surface area contributed by atoms with Crippen molar-refractivity contribution < 1.29 is 9.53 Å². The lowest BCUT2D eigenvalue weighted by molar-refractivity contribution is -0.121. The molecular weight excluding hydrogens is 240 g/mol. The molecule has 0 heterocycles. The van der Waals surface area contributed by atoms with Crippen LogP contribution < -0.4 is 10.6 Å². The van der Waals surface area contributed by atoms with Crippen LogP contribution in [0.2, 0.25) is 0 Å². The lowest BCUT2D eigenvalue weighted by Crippen LogP contribution is -2.46. The van der Waals surface area contributed by atoms with Gasteiger partial charge in [-0.1, -0.05) is 39.5 Å². The monoisotopic (exact) mass is 270 g/mol. The second-order valence-corrected chi connectivity index (χ2v) is 5.94.